The van der Waals surface area contributed by atoms with Crippen molar-refractivity contribution in [2.24, 2.45) is 5.92 Å². The molecule has 6 heteroatoms. The van der Waals surface area contributed by atoms with Crippen molar-refractivity contribution in [2.75, 3.05) is 44.2 Å². The number of carbonyl (C=O) groups excluding carboxylic acids is 1. The van der Waals surface area contributed by atoms with Crippen molar-refractivity contribution in [3.63, 3.8) is 0 Å². The fourth-order valence-corrected chi connectivity index (χ4v) is 5.32. The van der Waals surface area contributed by atoms with Crippen molar-refractivity contribution in [1.29, 1.82) is 0 Å². The summed E-state index contributed by atoms with van der Waals surface area (Å²) in [6, 6.07) is 6.74. The third-order valence-electron chi connectivity index (χ3n) is 7.54. The first kappa shape index (κ1) is 21.4. The number of benzene rings is 1. The van der Waals surface area contributed by atoms with Gasteiger partial charge in [-0.05, 0) is 68.2 Å². The van der Waals surface area contributed by atoms with E-state index in [0.717, 1.165) is 76.7 Å². The number of aryl methyl sites for hydroxylation is 3. The van der Waals surface area contributed by atoms with Crippen LogP contribution in [0.25, 0.3) is 0 Å². The molecule has 1 aromatic carbocycles. The van der Waals surface area contributed by atoms with E-state index in [1.165, 1.54) is 35.1 Å². The van der Waals surface area contributed by atoms with Crippen LogP contribution in [0.2, 0.25) is 0 Å². The molecule has 3 heterocycles. The number of hydrogen-bond acceptors (Lipinski definition) is 5. The Morgan fingerprint density at radius 2 is 1.81 bits per heavy atom. The van der Waals surface area contributed by atoms with Crippen LogP contribution >= 0.6 is 0 Å². The number of aromatic nitrogens is 2. The third kappa shape index (κ3) is 4.51. The van der Waals surface area contributed by atoms with Crippen LogP contribution in [0.5, 0.6) is 0 Å². The lowest BCUT2D eigenvalue weighted by atomic mass is 9.86. The average molecular weight is 434 g/mol. The number of rotatable bonds is 4. The highest BCUT2D eigenvalue weighted by molar-refractivity contribution is 5.79. The van der Waals surface area contributed by atoms with Gasteiger partial charge in [-0.2, -0.15) is 0 Å². The van der Waals surface area contributed by atoms with E-state index in [1.54, 1.807) is 0 Å². The van der Waals surface area contributed by atoms with Crippen molar-refractivity contribution in [3.8, 4) is 0 Å². The Hall–Kier alpha value is -2.47. The fourth-order valence-electron chi connectivity index (χ4n) is 5.32. The normalized spacial score (nSPS) is 21.6. The second kappa shape index (κ2) is 9.18. The summed E-state index contributed by atoms with van der Waals surface area (Å²) in [5, 5.41) is 0. The molecule has 0 unspecified atom stereocenters. The molecule has 6 nitrogen and oxygen atoms in total. The molecule has 0 bridgehead atoms. The first-order chi connectivity index (χ1) is 15.6. The zero-order valence-corrected chi connectivity index (χ0v) is 19.5. The number of anilines is 1. The van der Waals surface area contributed by atoms with Gasteiger partial charge in [0.15, 0.2) is 0 Å². The summed E-state index contributed by atoms with van der Waals surface area (Å²) in [4.78, 5) is 29.6. The summed E-state index contributed by atoms with van der Waals surface area (Å²) in [6.45, 7) is 11.0. The largest absolute Gasteiger partial charge is 0.341 e. The van der Waals surface area contributed by atoms with E-state index in [0.29, 0.717) is 5.91 Å². The highest BCUT2D eigenvalue weighted by atomic mass is 16.2. The van der Waals surface area contributed by atoms with Gasteiger partial charge in [0, 0.05) is 63.6 Å². The van der Waals surface area contributed by atoms with Crippen molar-refractivity contribution < 1.29 is 4.79 Å². The molecular formula is C26H35N5O. The van der Waals surface area contributed by atoms with E-state index >= 15 is 0 Å². The van der Waals surface area contributed by atoms with Crippen LogP contribution in [-0.2, 0) is 24.2 Å². The first-order valence-corrected chi connectivity index (χ1v) is 12.2. The SMILES string of the molecule is Cc1ccc(CN2CCN(C(=O)[C@@H]3CCc4nc(N5CCCC5)ncc4C3)CC2)cc1C. The highest BCUT2D eigenvalue weighted by Gasteiger charge is 2.31. The van der Waals surface area contributed by atoms with Crippen LogP contribution in [0.15, 0.2) is 24.4 Å². The highest BCUT2D eigenvalue weighted by Crippen LogP contribution is 2.28. The Labute approximate surface area is 191 Å². The van der Waals surface area contributed by atoms with Gasteiger partial charge < -0.3 is 9.80 Å². The molecule has 5 rings (SSSR count). The van der Waals surface area contributed by atoms with Crippen LogP contribution in [-0.4, -0.2) is 64.9 Å². The number of hydrogen-bond donors (Lipinski definition) is 0. The van der Waals surface area contributed by atoms with E-state index in [1.807, 2.05) is 6.20 Å². The van der Waals surface area contributed by atoms with Crippen molar-refractivity contribution in [1.82, 2.24) is 19.8 Å². The molecule has 0 N–H and O–H groups in total. The smallest absolute Gasteiger partial charge is 0.226 e. The molecule has 0 spiro atoms. The Bertz CT molecular complexity index is 976. The minimum atomic E-state index is 0.0787. The van der Waals surface area contributed by atoms with Gasteiger partial charge in [-0.1, -0.05) is 18.2 Å². The Morgan fingerprint density at radius 3 is 2.56 bits per heavy atom. The lowest BCUT2D eigenvalue weighted by molar-refractivity contribution is -0.137. The number of fused-ring (bicyclic) bond motifs is 1. The van der Waals surface area contributed by atoms with Crippen LogP contribution < -0.4 is 4.90 Å². The Morgan fingerprint density at radius 1 is 1.03 bits per heavy atom. The summed E-state index contributed by atoms with van der Waals surface area (Å²) in [5.41, 5.74) is 6.39. The Balaban J connectivity index is 1.15. The van der Waals surface area contributed by atoms with E-state index in [2.05, 4.69) is 51.7 Å². The molecular weight excluding hydrogens is 398 g/mol. The van der Waals surface area contributed by atoms with E-state index in [4.69, 9.17) is 4.98 Å². The monoisotopic (exact) mass is 433 g/mol. The molecule has 0 saturated carbocycles. The zero-order chi connectivity index (χ0) is 22.1. The second-order valence-corrected chi connectivity index (χ2v) is 9.80. The van der Waals surface area contributed by atoms with Gasteiger partial charge in [0.1, 0.15) is 0 Å². The van der Waals surface area contributed by atoms with Gasteiger partial charge in [0.2, 0.25) is 11.9 Å². The minimum absolute atomic E-state index is 0.0787. The fraction of sp³-hybridized carbons (Fsp3) is 0.577. The van der Waals surface area contributed by atoms with Crippen LogP contribution in [0.3, 0.4) is 0 Å². The molecule has 2 saturated heterocycles. The summed E-state index contributed by atoms with van der Waals surface area (Å²) in [7, 11) is 0. The molecule has 1 amide bonds. The average Bonchev–Trinajstić information content (AvgIpc) is 3.36. The summed E-state index contributed by atoms with van der Waals surface area (Å²) < 4.78 is 0. The first-order valence-electron chi connectivity index (χ1n) is 12.2. The number of amides is 1. The molecule has 1 aromatic heterocycles. The molecule has 170 valence electrons. The van der Waals surface area contributed by atoms with Crippen molar-refractivity contribution in [3.05, 3.63) is 52.3 Å². The molecule has 32 heavy (non-hydrogen) atoms. The second-order valence-electron chi connectivity index (χ2n) is 9.80. The topological polar surface area (TPSA) is 52.6 Å². The number of carbonyl (C=O) groups is 1. The maximum Gasteiger partial charge on any atom is 0.226 e. The predicted octanol–water partition coefficient (Wildman–Crippen LogP) is 3.14. The summed E-state index contributed by atoms with van der Waals surface area (Å²) >= 11 is 0. The van der Waals surface area contributed by atoms with Gasteiger partial charge >= 0.3 is 0 Å². The van der Waals surface area contributed by atoms with Gasteiger partial charge in [-0.3, -0.25) is 9.69 Å². The van der Waals surface area contributed by atoms with Gasteiger partial charge in [-0.15, -0.1) is 0 Å². The molecule has 2 aliphatic heterocycles. The maximum atomic E-state index is 13.2. The minimum Gasteiger partial charge on any atom is -0.341 e. The van der Waals surface area contributed by atoms with Gasteiger partial charge in [0.05, 0.1) is 0 Å². The number of piperazine rings is 1. The summed E-state index contributed by atoms with van der Waals surface area (Å²) in [5.74, 6) is 1.28. The van der Waals surface area contributed by atoms with E-state index in [9.17, 15) is 4.79 Å². The molecule has 2 aromatic rings. The van der Waals surface area contributed by atoms with Crippen LogP contribution in [0, 0.1) is 19.8 Å². The third-order valence-corrected chi connectivity index (χ3v) is 7.54. The quantitative estimate of drug-likeness (QED) is 0.742. The van der Waals surface area contributed by atoms with Crippen molar-refractivity contribution >= 4 is 11.9 Å². The molecule has 1 aliphatic carbocycles. The molecule has 1 atom stereocenters. The van der Waals surface area contributed by atoms with Crippen LogP contribution in [0.1, 0.15) is 47.2 Å². The molecule has 2 fully saturated rings. The lowest BCUT2D eigenvalue weighted by Crippen LogP contribution is -2.50. The maximum absolute atomic E-state index is 13.2. The standard InChI is InChI=1S/C26H35N5O/c1-19-5-6-21(15-20(19)2)18-29-11-13-30(14-12-29)25(32)22-7-8-24-23(16-22)17-27-26(28-24)31-9-3-4-10-31/h5-6,15,17,22H,3-4,7-14,16,18H2,1-2H3/t22-/m1/s1. The summed E-state index contributed by atoms with van der Waals surface area (Å²) in [6.07, 6.45) is 7.03. The number of nitrogens with zero attached hydrogens (tertiary/aromatic N) is 5. The Kier molecular flexibility index (Phi) is 6.13. The predicted molar refractivity (Wildman–Crippen MR) is 127 cm³/mol. The van der Waals surface area contributed by atoms with Crippen LogP contribution in [0.4, 0.5) is 5.95 Å². The van der Waals surface area contributed by atoms with E-state index < -0.39 is 0 Å². The molecule has 0 radical (unpaired) electrons. The lowest BCUT2D eigenvalue weighted by Gasteiger charge is -2.37. The van der Waals surface area contributed by atoms with Crippen molar-refractivity contribution in [2.45, 2.75) is 52.5 Å². The van der Waals surface area contributed by atoms with Gasteiger partial charge in [0.25, 0.3) is 0 Å². The molecule has 3 aliphatic rings. The van der Waals surface area contributed by atoms with Gasteiger partial charge in [-0.25, -0.2) is 9.97 Å². The zero-order valence-electron chi connectivity index (χ0n) is 19.5. The van der Waals surface area contributed by atoms with E-state index in [-0.39, 0.29) is 5.92 Å².